The van der Waals surface area contributed by atoms with Gasteiger partial charge in [0.05, 0.1) is 11.6 Å². The van der Waals surface area contributed by atoms with E-state index in [-0.39, 0.29) is 0 Å². The molecule has 1 aromatic heterocycles. The summed E-state index contributed by atoms with van der Waals surface area (Å²) in [5.74, 6) is -1.39. The summed E-state index contributed by atoms with van der Waals surface area (Å²) in [4.78, 5) is 18.1. The van der Waals surface area contributed by atoms with Gasteiger partial charge in [-0.15, -0.1) is 0 Å². The lowest BCUT2D eigenvalue weighted by atomic mass is 9.93. The summed E-state index contributed by atoms with van der Waals surface area (Å²) in [6.07, 6.45) is 1.75. The Balaban J connectivity index is 2.29. The topological polar surface area (TPSA) is 53.4 Å². The van der Waals surface area contributed by atoms with E-state index in [4.69, 9.17) is 0 Å². The molecule has 0 aliphatic heterocycles. The number of aromatic nitrogens is 1. The van der Waals surface area contributed by atoms with Gasteiger partial charge in [-0.2, -0.15) is 0 Å². The van der Waals surface area contributed by atoms with Gasteiger partial charge >= 0.3 is 5.97 Å². The Morgan fingerprint density at radius 2 is 1.79 bits per heavy atom. The molecule has 1 heterocycles. The quantitative estimate of drug-likeness (QED) is 0.784. The number of aliphatic carboxylic acids is 1. The smallest absolute Gasteiger partial charge is 0.310 e. The van der Waals surface area contributed by atoms with E-state index in [9.17, 15) is 9.90 Å². The van der Waals surface area contributed by atoms with Crippen LogP contribution in [0, 0.1) is 0 Å². The maximum atomic E-state index is 11.4. The van der Waals surface area contributed by atoms with Crippen LogP contribution >= 0.6 is 0 Å². The number of hydrogen-bond acceptors (Lipinski definition) is 3. The Kier molecular flexibility index (Phi) is 4.21. The minimum Gasteiger partial charge on any atom is -0.481 e. The molecule has 0 saturated carbocycles. The van der Waals surface area contributed by atoms with Gasteiger partial charge in [-0.3, -0.25) is 9.78 Å². The van der Waals surface area contributed by atoms with Gasteiger partial charge in [0.15, 0.2) is 0 Å². The predicted molar refractivity (Wildman–Crippen MR) is 97.6 cm³/mol. The van der Waals surface area contributed by atoms with Crippen molar-refractivity contribution in [3.8, 4) is 11.3 Å². The molecular formula is C20H20N2O2. The number of pyridine rings is 1. The molecule has 24 heavy (non-hydrogen) atoms. The monoisotopic (exact) mass is 320 g/mol. The molecule has 1 unspecified atom stereocenters. The van der Waals surface area contributed by atoms with Crippen LogP contribution in [0.3, 0.4) is 0 Å². The van der Waals surface area contributed by atoms with Gasteiger partial charge in [-0.25, -0.2) is 0 Å². The number of fused-ring (bicyclic) bond motifs is 1. The van der Waals surface area contributed by atoms with Crippen LogP contribution in [-0.4, -0.2) is 30.2 Å². The summed E-state index contributed by atoms with van der Waals surface area (Å²) in [5.41, 5.74) is 3.80. The van der Waals surface area contributed by atoms with Crippen LogP contribution in [0.15, 0.2) is 54.7 Å². The van der Waals surface area contributed by atoms with E-state index in [0.29, 0.717) is 0 Å². The average Bonchev–Trinajstić information content (AvgIpc) is 2.60. The summed E-state index contributed by atoms with van der Waals surface area (Å²) in [5, 5.41) is 11.3. The fraction of sp³-hybridized carbons (Fsp3) is 0.200. The van der Waals surface area contributed by atoms with Gasteiger partial charge < -0.3 is 10.0 Å². The van der Waals surface area contributed by atoms with E-state index in [2.05, 4.69) is 16.0 Å². The molecule has 0 aliphatic carbocycles. The first-order chi connectivity index (χ1) is 11.5. The Morgan fingerprint density at radius 3 is 2.50 bits per heavy atom. The van der Waals surface area contributed by atoms with E-state index < -0.39 is 11.9 Å². The Bertz CT molecular complexity index is 903. The zero-order valence-corrected chi connectivity index (χ0v) is 14.0. The molecule has 1 atom stereocenters. The van der Waals surface area contributed by atoms with Crippen LogP contribution < -0.4 is 4.90 Å². The third kappa shape index (κ3) is 2.71. The predicted octanol–water partition coefficient (Wildman–Crippen LogP) is 4.16. The third-order valence-corrected chi connectivity index (χ3v) is 4.32. The molecule has 4 heteroatoms. The molecule has 3 rings (SSSR count). The molecule has 0 fully saturated rings. The molecule has 122 valence electrons. The van der Waals surface area contributed by atoms with Crippen molar-refractivity contribution in [1.29, 1.82) is 0 Å². The molecule has 0 saturated heterocycles. The second kappa shape index (κ2) is 6.32. The van der Waals surface area contributed by atoms with Crippen molar-refractivity contribution in [2.45, 2.75) is 12.8 Å². The fourth-order valence-corrected chi connectivity index (χ4v) is 3.02. The Labute approximate surface area is 141 Å². The molecule has 2 aromatic carbocycles. The molecule has 0 bridgehead atoms. The maximum Gasteiger partial charge on any atom is 0.310 e. The van der Waals surface area contributed by atoms with Gasteiger partial charge in [0.1, 0.15) is 0 Å². The van der Waals surface area contributed by atoms with Crippen molar-refractivity contribution in [3.63, 3.8) is 0 Å². The van der Waals surface area contributed by atoms with Crippen molar-refractivity contribution in [2.75, 3.05) is 19.0 Å². The molecule has 1 N–H and O–H groups in total. The number of rotatable bonds is 4. The zero-order chi connectivity index (χ0) is 17.3. The molecule has 0 amide bonds. The Hall–Kier alpha value is -2.88. The summed E-state index contributed by atoms with van der Waals surface area (Å²) in [6, 6.07) is 15.8. The van der Waals surface area contributed by atoms with Gasteiger partial charge in [-0.1, -0.05) is 36.4 Å². The Morgan fingerprint density at radius 1 is 1.04 bits per heavy atom. The lowest BCUT2D eigenvalue weighted by Crippen LogP contribution is -2.10. The third-order valence-electron chi connectivity index (χ3n) is 4.32. The minimum absolute atomic E-state index is 0.562. The summed E-state index contributed by atoms with van der Waals surface area (Å²) < 4.78 is 0. The van der Waals surface area contributed by atoms with Gasteiger partial charge in [0, 0.05) is 36.9 Å². The summed E-state index contributed by atoms with van der Waals surface area (Å²) in [7, 11) is 4.00. The number of carbonyl (C=O) groups is 1. The first-order valence-electron chi connectivity index (χ1n) is 7.88. The van der Waals surface area contributed by atoms with Crippen molar-refractivity contribution >= 4 is 22.4 Å². The molecule has 4 nitrogen and oxygen atoms in total. The number of carboxylic acid groups (broad SMARTS) is 1. The first-order valence-corrected chi connectivity index (χ1v) is 7.88. The van der Waals surface area contributed by atoms with E-state index in [0.717, 1.165) is 33.3 Å². The van der Waals surface area contributed by atoms with E-state index in [1.54, 1.807) is 13.1 Å². The van der Waals surface area contributed by atoms with Crippen molar-refractivity contribution in [1.82, 2.24) is 4.98 Å². The zero-order valence-electron chi connectivity index (χ0n) is 14.0. The highest BCUT2D eigenvalue weighted by atomic mass is 16.4. The molecule has 0 aliphatic rings. The van der Waals surface area contributed by atoms with Crippen molar-refractivity contribution in [3.05, 3.63) is 60.3 Å². The summed E-state index contributed by atoms with van der Waals surface area (Å²) in [6.45, 7) is 1.71. The second-order valence-electron chi connectivity index (χ2n) is 6.07. The highest BCUT2D eigenvalue weighted by Crippen LogP contribution is 2.35. The first kappa shape index (κ1) is 16.0. The SMILES string of the molecule is CC(C(=O)O)c1cccc2c(-c3ccccc3N(C)C)nccc12. The van der Waals surface area contributed by atoms with Crippen molar-refractivity contribution < 1.29 is 9.90 Å². The standard InChI is InChI=1S/C20H20N2O2/c1-13(20(23)24)14-8-6-9-16-15(14)11-12-21-19(16)17-7-4-5-10-18(17)22(2)3/h4-13H,1-3H3,(H,23,24). The van der Waals surface area contributed by atoms with Gasteiger partial charge in [0.2, 0.25) is 0 Å². The van der Waals surface area contributed by atoms with Crippen LogP contribution in [0.4, 0.5) is 5.69 Å². The molecule has 0 radical (unpaired) electrons. The normalized spacial score (nSPS) is 12.1. The van der Waals surface area contributed by atoms with Gasteiger partial charge in [0.25, 0.3) is 0 Å². The summed E-state index contributed by atoms with van der Waals surface area (Å²) >= 11 is 0. The number of anilines is 1. The number of benzene rings is 2. The van der Waals surface area contributed by atoms with Crippen LogP contribution in [0.25, 0.3) is 22.0 Å². The average molecular weight is 320 g/mol. The molecular weight excluding hydrogens is 300 g/mol. The number of carboxylic acids is 1. The number of hydrogen-bond donors (Lipinski definition) is 1. The number of nitrogens with zero attached hydrogens (tertiary/aromatic N) is 2. The van der Waals surface area contributed by atoms with Crippen LogP contribution in [0.1, 0.15) is 18.4 Å². The molecule has 3 aromatic rings. The van der Waals surface area contributed by atoms with Crippen LogP contribution in [-0.2, 0) is 4.79 Å². The van der Waals surface area contributed by atoms with Gasteiger partial charge in [-0.05, 0) is 30.0 Å². The molecule has 0 spiro atoms. The lowest BCUT2D eigenvalue weighted by Gasteiger charge is -2.18. The van der Waals surface area contributed by atoms with E-state index in [1.165, 1.54) is 0 Å². The maximum absolute atomic E-state index is 11.4. The number of para-hydroxylation sites is 1. The van der Waals surface area contributed by atoms with E-state index >= 15 is 0 Å². The fourth-order valence-electron chi connectivity index (χ4n) is 3.02. The lowest BCUT2D eigenvalue weighted by molar-refractivity contribution is -0.138. The highest BCUT2D eigenvalue weighted by molar-refractivity contribution is 6.00. The largest absolute Gasteiger partial charge is 0.481 e. The second-order valence-corrected chi connectivity index (χ2v) is 6.07. The minimum atomic E-state index is -0.824. The van der Waals surface area contributed by atoms with Crippen molar-refractivity contribution in [2.24, 2.45) is 0 Å². The van der Waals surface area contributed by atoms with Crippen LogP contribution in [0.2, 0.25) is 0 Å². The highest BCUT2D eigenvalue weighted by Gasteiger charge is 2.18. The van der Waals surface area contributed by atoms with E-state index in [1.807, 2.05) is 56.6 Å². The van der Waals surface area contributed by atoms with Crippen LogP contribution in [0.5, 0.6) is 0 Å².